The third kappa shape index (κ3) is 3.84. The summed E-state index contributed by atoms with van der Waals surface area (Å²) in [5.41, 5.74) is 0.507. The molecule has 0 aliphatic heterocycles. The summed E-state index contributed by atoms with van der Waals surface area (Å²) in [6, 6.07) is 10.8. The lowest BCUT2D eigenvalue weighted by Gasteiger charge is -2.12. The standard InChI is InChI=1S/C15H15FO3S2/c1-10(17)13-4-3-5-14(16)15(13)20-11-6-8-12(9-7-11)21(2,18)19/h3-10,17H,1-2H3. The van der Waals surface area contributed by atoms with Crippen LogP contribution in [0.3, 0.4) is 0 Å². The highest BCUT2D eigenvalue weighted by atomic mass is 32.2. The summed E-state index contributed by atoms with van der Waals surface area (Å²) >= 11 is 1.16. The number of rotatable bonds is 4. The van der Waals surface area contributed by atoms with Gasteiger partial charge < -0.3 is 5.11 Å². The topological polar surface area (TPSA) is 54.4 Å². The molecule has 21 heavy (non-hydrogen) atoms. The first kappa shape index (κ1) is 16.0. The number of hydrogen-bond donors (Lipinski definition) is 1. The van der Waals surface area contributed by atoms with E-state index in [0.29, 0.717) is 15.4 Å². The fourth-order valence-electron chi connectivity index (χ4n) is 1.83. The highest BCUT2D eigenvalue weighted by Crippen LogP contribution is 2.35. The van der Waals surface area contributed by atoms with E-state index in [0.717, 1.165) is 18.0 Å². The molecule has 0 fully saturated rings. The molecule has 6 heteroatoms. The summed E-state index contributed by atoms with van der Waals surface area (Å²) < 4.78 is 36.7. The summed E-state index contributed by atoms with van der Waals surface area (Å²) in [6.45, 7) is 1.57. The van der Waals surface area contributed by atoms with Crippen LogP contribution < -0.4 is 0 Å². The van der Waals surface area contributed by atoms with Crippen molar-refractivity contribution in [3.8, 4) is 0 Å². The zero-order chi connectivity index (χ0) is 15.6. The third-order valence-electron chi connectivity index (χ3n) is 2.92. The van der Waals surface area contributed by atoms with Crippen molar-refractivity contribution in [2.24, 2.45) is 0 Å². The second-order valence-corrected chi connectivity index (χ2v) is 7.78. The van der Waals surface area contributed by atoms with E-state index >= 15 is 0 Å². The molecule has 1 unspecified atom stereocenters. The van der Waals surface area contributed by atoms with Crippen LogP contribution in [-0.2, 0) is 9.84 Å². The SMILES string of the molecule is CC(O)c1cccc(F)c1Sc1ccc(S(C)(=O)=O)cc1. The van der Waals surface area contributed by atoms with Crippen molar-refractivity contribution in [1.82, 2.24) is 0 Å². The van der Waals surface area contributed by atoms with Crippen molar-refractivity contribution < 1.29 is 17.9 Å². The van der Waals surface area contributed by atoms with Crippen LogP contribution in [-0.4, -0.2) is 19.8 Å². The van der Waals surface area contributed by atoms with E-state index in [1.807, 2.05) is 0 Å². The zero-order valence-electron chi connectivity index (χ0n) is 11.6. The van der Waals surface area contributed by atoms with Gasteiger partial charge in [-0.2, -0.15) is 0 Å². The predicted molar refractivity (Wildman–Crippen MR) is 80.7 cm³/mol. The molecule has 1 N–H and O–H groups in total. The fourth-order valence-corrected chi connectivity index (χ4v) is 3.50. The van der Waals surface area contributed by atoms with Gasteiger partial charge in [0.25, 0.3) is 0 Å². The van der Waals surface area contributed by atoms with Gasteiger partial charge in [-0.05, 0) is 42.8 Å². The molecule has 0 aromatic heterocycles. The first-order chi connectivity index (χ1) is 9.79. The van der Waals surface area contributed by atoms with Gasteiger partial charge >= 0.3 is 0 Å². The Morgan fingerprint density at radius 2 is 1.76 bits per heavy atom. The monoisotopic (exact) mass is 326 g/mol. The number of benzene rings is 2. The van der Waals surface area contributed by atoms with Gasteiger partial charge in [-0.15, -0.1) is 0 Å². The predicted octanol–water partition coefficient (Wildman–Crippen LogP) is 3.43. The Balaban J connectivity index is 2.35. The van der Waals surface area contributed by atoms with E-state index in [-0.39, 0.29) is 4.90 Å². The molecule has 0 saturated carbocycles. The largest absolute Gasteiger partial charge is 0.389 e. The Kier molecular flexibility index (Phi) is 4.70. The number of sulfone groups is 1. The number of aliphatic hydroxyl groups is 1. The van der Waals surface area contributed by atoms with Crippen LogP contribution in [0.5, 0.6) is 0 Å². The Hall–Kier alpha value is -1.37. The van der Waals surface area contributed by atoms with E-state index < -0.39 is 21.8 Å². The molecular formula is C15H15FO3S2. The zero-order valence-corrected chi connectivity index (χ0v) is 13.2. The first-order valence-electron chi connectivity index (χ1n) is 6.23. The van der Waals surface area contributed by atoms with Crippen LogP contribution in [0, 0.1) is 5.82 Å². The Morgan fingerprint density at radius 1 is 1.14 bits per heavy atom. The van der Waals surface area contributed by atoms with Crippen molar-refractivity contribution in [3.63, 3.8) is 0 Å². The van der Waals surface area contributed by atoms with E-state index in [1.165, 1.54) is 18.2 Å². The van der Waals surface area contributed by atoms with Gasteiger partial charge in [0.15, 0.2) is 9.84 Å². The van der Waals surface area contributed by atoms with Crippen molar-refractivity contribution in [2.75, 3.05) is 6.26 Å². The molecule has 0 spiro atoms. The van der Waals surface area contributed by atoms with Gasteiger partial charge in [0.1, 0.15) is 5.82 Å². The molecule has 3 nitrogen and oxygen atoms in total. The molecule has 0 amide bonds. The van der Waals surface area contributed by atoms with E-state index in [2.05, 4.69) is 0 Å². The van der Waals surface area contributed by atoms with E-state index in [9.17, 15) is 17.9 Å². The number of aliphatic hydroxyl groups excluding tert-OH is 1. The Morgan fingerprint density at radius 3 is 2.29 bits per heavy atom. The maximum Gasteiger partial charge on any atom is 0.175 e. The molecule has 1 atom stereocenters. The molecule has 112 valence electrons. The quantitative estimate of drug-likeness (QED) is 0.935. The van der Waals surface area contributed by atoms with Crippen molar-refractivity contribution in [1.29, 1.82) is 0 Å². The second-order valence-electron chi connectivity index (χ2n) is 4.68. The molecule has 0 aliphatic rings. The third-order valence-corrected chi connectivity index (χ3v) is 5.19. The lowest BCUT2D eigenvalue weighted by Crippen LogP contribution is -1.97. The summed E-state index contributed by atoms with van der Waals surface area (Å²) in [7, 11) is -3.25. The first-order valence-corrected chi connectivity index (χ1v) is 8.94. The molecule has 0 saturated heterocycles. The smallest absolute Gasteiger partial charge is 0.175 e. The molecule has 0 bridgehead atoms. The summed E-state index contributed by atoms with van der Waals surface area (Å²) in [4.78, 5) is 1.27. The van der Waals surface area contributed by atoms with Crippen LogP contribution in [0.15, 0.2) is 57.2 Å². The Labute approximate surface area is 127 Å². The molecule has 2 aromatic rings. The van der Waals surface area contributed by atoms with Crippen LogP contribution in [0.2, 0.25) is 0 Å². The van der Waals surface area contributed by atoms with Crippen LogP contribution in [0.1, 0.15) is 18.6 Å². The van der Waals surface area contributed by atoms with Gasteiger partial charge in [0, 0.05) is 11.2 Å². The van der Waals surface area contributed by atoms with Gasteiger partial charge in [0.2, 0.25) is 0 Å². The summed E-state index contributed by atoms with van der Waals surface area (Å²) in [5, 5.41) is 9.70. The molecule has 0 heterocycles. The van der Waals surface area contributed by atoms with Gasteiger partial charge in [-0.3, -0.25) is 0 Å². The lowest BCUT2D eigenvalue weighted by atomic mass is 10.1. The highest BCUT2D eigenvalue weighted by molar-refractivity contribution is 7.99. The highest BCUT2D eigenvalue weighted by Gasteiger charge is 2.14. The van der Waals surface area contributed by atoms with Gasteiger partial charge in [-0.25, -0.2) is 12.8 Å². The average Bonchev–Trinajstić information content (AvgIpc) is 2.40. The normalized spacial score (nSPS) is 13.1. The Bertz CT molecular complexity index is 738. The second kappa shape index (κ2) is 6.17. The van der Waals surface area contributed by atoms with E-state index in [1.54, 1.807) is 31.2 Å². The van der Waals surface area contributed by atoms with Crippen LogP contribution in [0.4, 0.5) is 4.39 Å². The van der Waals surface area contributed by atoms with Crippen LogP contribution in [0.25, 0.3) is 0 Å². The summed E-state index contributed by atoms with van der Waals surface area (Å²) in [5.74, 6) is -0.411. The van der Waals surface area contributed by atoms with E-state index in [4.69, 9.17) is 0 Å². The summed E-state index contributed by atoms with van der Waals surface area (Å²) in [6.07, 6.45) is 0.357. The maximum atomic E-state index is 13.9. The average molecular weight is 326 g/mol. The minimum absolute atomic E-state index is 0.219. The van der Waals surface area contributed by atoms with Crippen LogP contribution >= 0.6 is 11.8 Å². The lowest BCUT2D eigenvalue weighted by molar-refractivity contribution is 0.195. The van der Waals surface area contributed by atoms with Crippen molar-refractivity contribution in [2.45, 2.75) is 27.7 Å². The van der Waals surface area contributed by atoms with Crippen molar-refractivity contribution >= 4 is 21.6 Å². The fraction of sp³-hybridized carbons (Fsp3) is 0.200. The minimum Gasteiger partial charge on any atom is -0.389 e. The molecule has 2 aromatic carbocycles. The van der Waals surface area contributed by atoms with Gasteiger partial charge in [-0.1, -0.05) is 23.9 Å². The number of halogens is 1. The van der Waals surface area contributed by atoms with Crippen molar-refractivity contribution in [3.05, 3.63) is 53.8 Å². The number of hydrogen-bond acceptors (Lipinski definition) is 4. The molecular weight excluding hydrogens is 311 g/mol. The molecule has 2 rings (SSSR count). The minimum atomic E-state index is -3.25. The van der Waals surface area contributed by atoms with Gasteiger partial charge in [0.05, 0.1) is 15.9 Å². The molecule has 0 aliphatic carbocycles. The molecule has 0 radical (unpaired) electrons. The maximum absolute atomic E-state index is 13.9.